The first-order chi connectivity index (χ1) is 30.9. The average molecular weight is 914 g/mol. The number of rotatable bonds is 25. The average Bonchev–Trinajstić information content (AvgIpc) is 4.04. The molecule has 7 amide bonds. The monoisotopic (exact) mass is 914 g/mol. The molecule has 0 spiro atoms. The largest absolute Gasteiger partial charge is 0.394 e. The molecule has 1 aromatic carbocycles. The maximum Gasteiger partial charge on any atom is 0.312 e. The van der Waals surface area contributed by atoms with Gasteiger partial charge in [-0.2, -0.15) is 0 Å². The fourth-order valence-electron chi connectivity index (χ4n) is 10.3. The molecule has 18 nitrogen and oxygen atoms in total. The Hall–Kier alpha value is -4.36. The zero-order valence-corrected chi connectivity index (χ0v) is 40.2. The molecule has 2 bridgehead atoms. The molecule has 1 aromatic rings. The highest BCUT2D eigenvalue weighted by molar-refractivity contribution is 5.94. The standard InChI is InChI=1S/C47H79N9O9/c1-10-28(4)40(55(7)46(62)39(27(2)3)53-45(61)41-31-18-19-34(24-31)54(41)6)37(64-8)25-38(58)56-21-13-17-36(56)42(65-9)29(5)43(59)52-33(26-57)23-30-14-11-15-32(22-30)51-44(60)35(48)16-12-20-50-47(49)63/h11,14-15,22,27-29,31,33-37,39-42,57H,10,12-13,16-21,23-26,48H2,1-9H3,(H,51,60)(H,52,59)(H,53,61)(H3,49,50,63)/t28-,29+,31-,33-,34+,35-,36-,37+,39-,40-,41-,42+/m0/s1. The van der Waals surface area contributed by atoms with Crippen molar-refractivity contribution in [1.82, 2.24) is 30.7 Å². The summed E-state index contributed by atoms with van der Waals surface area (Å²) < 4.78 is 12.0. The highest BCUT2D eigenvalue weighted by atomic mass is 16.5. The van der Waals surface area contributed by atoms with Crippen molar-refractivity contribution in [3.8, 4) is 0 Å². The highest BCUT2D eigenvalue weighted by Gasteiger charge is 2.49. The van der Waals surface area contributed by atoms with Gasteiger partial charge in [-0.3, -0.25) is 28.9 Å². The molecular weight excluding hydrogens is 835 g/mol. The molecule has 0 radical (unpaired) electrons. The lowest BCUT2D eigenvalue weighted by molar-refractivity contribution is -0.148. The van der Waals surface area contributed by atoms with Crippen molar-refractivity contribution >= 4 is 41.3 Å². The Kier molecular flexibility index (Phi) is 20.5. The minimum Gasteiger partial charge on any atom is -0.394 e. The Labute approximate surface area is 386 Å². The number of methoxy groups -OCH3 is 2. The fraction of sp³-hybridized carbons (Fsp3) is 0.745. The number of likely N-dealkylation sites (N-methyl/N-ethyl adjacent to an activating group) is 2. The number of benzene rings is 1. The Bertz CT molecular complexity index is 1770. The topological polar surface area (TPSA) is 251 Å². The van der Waals surface area contributed by atoms with E-state index in [4.69, 9.17) is 20.9 Å². The van der Waals surface area contributed by atoms with Gasteiger partial charge in [0.15, 0.2) is 0 Å². The summed E-state index contributed by atoms with van der Waals surface area (Å²) in [6, 6.07) is 3.49. The molecule has 3 aliphatic rings. The molecule has 0 aromatic heterocycles. The van der Waals surface area contributed by atoms with Gasteiger partial charge in [-0.1, -0.05) is 53.2 Å². The Balaban J connectivity index is 1.39. The lowest BCUT2D eigenvalue weighted by Gasteiger charge is -2.41. The third-order valence-corrected chi connectivity index (χ3v) is 14.2. The van der Waals surface area contributed by atoms with Gasteiger partial charge >= 0.3 is 6.03 Å². The van der Waals surface area contributed by atoms with E-state index >= 15 is 0 Å². The van der Waals surface area contributed by atoms with Crippen molar-refractivity contribution < 1.29 is 43.3 Å². The zero-order chi connectivity index (χ0) is 48.1. The maximum absolute atomic E-state index is 14.4. The predicted octanol–water partition coefficient (Wildman–Crippen LogP) is 1.96. The second-order valence-electron chi connectivity index (χ2n) is 19.0. The Morgan fingerprint density at radius 3 is 2.32 bits per heavy atom. The first kappa shape index (κ1) is 53.3. The number of aliphatic hydroxyl groups is 1. The molecule has 2 aliphatic heterocycles. The van der Waals surface area contributed by atoms with Gasteiger partial charge in [0.1, 0.15) is 6.04 Å². The van der Waals surface area contributed by atoms with Crippen LogP contribution in [0.4, 0.5) is 10.5 Å². The van der Waals surface area contributed by atoms with E-state index in [1.54, 1.807) is 49.1 Å². The molecule has 2 saturated heterocycles. The summed E-state index contributed by atoms with van der Waals surface area (Å²) in [4.78, 5) is 85.5. The minimum absolute atomic E-state index is 0.00222. The van der Waals surface area contributed by atoms with Crippen LogP contribution in [0.15, 0.2) is 24.3 Å². The van der Waals surface area contributed by atoms with Gasteiger partial charge in [0.25, 0.3) is 0 Å². The number of likely N-dealkylation sites (tertiary alicyclic amines) is 2. The summed E-state index contributed by atoms with van der Waals surface area (Å²) in [5.74, 6) is -1.85. The van der Waals surface area contributed by atoms with Crippen LogP contribution in [-0.2, 0) is 39.9 Å². The number of anilines is 1. The molecule has 2 heterocycles. The second kappa shape index (κ2) is 25.0. The summed E-state index contributed by atoms with van der Waals surface area (Å²) in [6.45, 7) is 10.1. The number of hydrogen-bond donors (Lipinski definition) is 7. The summed E-state index contributed by atoms with van der Waals surface area (Å²) in [5, 5.41) is 21.7. The van der Waals surface area contributed by atoms with Crippen LogP contribution < -0.4 is 32.7 Å². The second-order valence-corrected chi connectivity index (χ2v) is 19.0. The van der Waals surface area contributed by atoms with Crippen molar-refractivity contribution in [3.05, 3.63) is 29.8 Å². The number of urea groups is 1. The Morgan fingerprint density at radius 1 is 1.00 bits per heavy atom. The maximum atomic E-state index is 14.4. The van der Waals surface area contributed by atoms with E-state index in [9.17, 15) is 33.9 Å². The van der Waals surface area contributed by atoms with E-state index in [0.29, 0.717) is 56.4 Å². The molecule has 9 N–H and O–H groups in total. The van der Waals surface area contributed by atoms with Gasteiger partial charge < -0.3 is 57.1 Å². The number of fused-ring (bicyclic) bond motifs is 2. The lowest BCUT2D eigenvalue weighted by atomic mass is 9.89. The van der Waals surface area contributed by atoms with Crippen LogP contribution in [-0.4, -0.2) is 158 Å². The van der Waals surface area contributed by atoms with E-state index < -0.39 is 60.3 Å². The smallest absolute Gasteiger partial charge is 0.312 e. The molecule has 4 rings (SSSR count). The number of aliphatic hydroxyl groups excluding tert-OH is 1. The van der Waals surface area contributed by atoms with Gasteiger partial charge in [0, 0.05) is 46.1 Å². The van der Waals surface area contributed by atoms with Crippen LogP contribution in [0.1, 0.15) is 98.0 Å². The predicted molar refractivity (Wildman–Crippen MR) is 248 cm³/mol. The number of carbonyl (C=O) groups is 6. The van der Waals surface area contributed by atoms with Gasteiger partial charge in [-0.05, 0) is 93.9 Å². The fourth-order valence-corrected chi connectivity index (χ4v) is 10.3. The minimum atomic E-state index is -0.803. The number of carbonyl (C=O) groups excluding carboxylic acids is 6. The summed E-state index contributed by atoms with van der Waals surface area (Å²) in [7, 11) is 6.82. The molecule has 0 unspecified atom stereocenters. The molecule has 12 atom stereocenters. The van der Waals surface area contributed by atoms with Crippen LogP contribution in [0, 0.1) is 23.7 Å². The van der Waals surface area contributed by atoms with Crippen molar-refractivity contribution in [3.63, 3.8) is 0 Å². The van der Waals surface area contributed by atoms with Crippen LogP contribution in [0.5, 0.6) is 0 Å². The summed E-state index contributed by atoms with van der Waals surface area (Å²) in [6.07, 6.45) is 4.96. The van der Waals surface area contributed by atoms with Crippen LogP contribution in [0.3, 0.4) is 0 Å². The molecule has 1 saturated carbocycles. The van der Waals surface area contributed by atoms with E-state index in [1.165, 1.54) is 7.11 Å². The molecular formula is C47H79N9O9. The number of ether oxygens (including phenoxy) is 2. The van der Waals surface area contributed by atoms with Gasteiger partial charge in [0.05, 0.1) is 61.4 Å². The van der Waals surface area contributed by atoms with Crippen molar-refractivity contribution in [2.45, 2.75) is 153 Å². The third-order valence-electron chi connectivity index (χ3n) is 14.2. The van der Waals surface area contributed by atoms with Gasteiger partial charge in [-0.15, -0.1) is 0 Å². The summed E-state index contributed by atoms with van der Waals surface area (Å²) >= 11 is 0. The van der Waals surface area contributed by atoms with E-state index in [1.807, 2.05) is 40.8 Å². The number of nitrogens with one attached hydrogen (secondary N) is 4. The third kappa shape index (κ3) is 13.8. The first-order valence-electron chi connectivity index (χ1n) is 23.6. The quantitative estimate of drug-likeness (QED) is 0.0699. The number of piperidine rings is 1. The normalized spacial score (nSPS) is 23.2. The van der Waals surface area contributed by atoms with Crippen LogP contribution in [0.25, 0.3) is 0 Å². The Morgan fingerprint density at radius 2 is 1.72 bits per heavy atom. The van der Waals surface area contributed by atoms with E-state index in [0.717, 1.165) is 31.2 Å². The van der Waals surface area contributed by atoms with Crippen molar-refractivity contribution in [2.24, 2.45) is 35.1 Å². The van der Waals surface area contributed by atoms with Crippen LogP contribution in [0.2, 0.25) is 0 Å². The van der Waals surface area contributed by atoms with E-state index in [-0.39, 0.29) is 61.0 Å². The van der Waals surface area contributed by atoms with Crippen molar-refractivity contribution in [1.29, 1.82) is 0 Å². The number of nitrogens with zero attached hydrogens (tertiary/aromatic N) is 3. The highest BCUT2D eigenvalue weighted by Crippen LogP contribution is 2.41. The first-order valence-corrected chi connectivity index (χ1v) is 23.6. The molecule has 18 heteroatoms. The number of primary amides is 1. The zero-order valence-electron chi connectivity index (χ0n) is 40.2. The number of hydrogen-bond acceptors (Lipinski definition) is 11. The number of amides is 7. The van der Waals surface area contributed by atoms with Gasteiger partial charge in [0.2, 0.25) is 29.5 Å². The lowest BCUT2D eigenvalue weighted by Crippen LogP contribution is -2.60. The van der Waals surface area contributed by atoms with Gasteiger partial charge in [-0.25, -0.2) is 4.79 Å². The van der Waals surface area contributed by atoms with E-state index in [2.05, 4.69) is 26.2 Å². The molecule has 3 fully saturated rings. The SMILES string of the molecule is CC[C@H](C)[C@@H]([C@@H](CC(=O)N1CCC[C@H]1[C@H](OC)[C@@H](C)C(=O)N[C@H](CO)Cc1cccc(NC(=O)[C@@H](N)CCCNC(N)=O)c1)OC)N(C)C(=O)[C@@H](NC(=O)[C@@H]1[C@H]2CC[C@H](C2)N1C)C(C)C. The van der Waals surface area contributed by atoms with Crippen LogP contribution >= 0.6 is 0 Å². The summed E-state index contributed by atoms with van der Waals surface area (Å²) in [5.41, 5.74) is 12.4. The van der Waals surface area contributed by atoms with Crippen molar-refractivity contribution in [2.75, 3.05) is 53.3 Å². The molecule has 65 heavy (non-hydrogen) atoms. The number of nitrogens with two attached hydrogens (primary N) is 2. The molecule has 366 valence electrons. The molecule has 1 aliphatic carbocycles.